The molecule has 0 N–H and O–H groups in total. The average Bonchev–Trinajstić information content (AvgIpc) is 2.47. The van der Waals surface area contributed by atoms with Crippen molar-refractivity contribution in [2.45, 2.75) is 12.8 Å². The number of nitrogens with zero attached hydrogens (tertiary/aromatic N) is 4. The quantitative estimate of drug-likeness (QED) is 0.832. The molecule has 6 nitrogen and oxygen atoms in total. The van der Waals surface area contributed by atoms with Crippen LogP contribution in [0.25, 0.3) is 0 Å². The van der Waals surface area contributed by atoms with Gasteiger partial charge in [0.05, 0.1) is 16.8 Å². The van der Waals surface area contributed by atoms with E-state index in [4.69, 9.17) is 16.9 Å². The number of sulfonamides is 1. The van der Waals surface area contributed by atoms with E-state index in [1.165, 1.54) is 16.8 Å². The van der Waals surface area contributed by atoms with Crippen molar-refractivity contribution in [1.29, 1.82) is 5.26 Å². The minimum absolute atomic E-state index is 0.341. The highest BCUT2D eigenvalue weighted by molar-refractivity contribution is 7.88. The fraction of sp³-hybridized carbons (Fsp3) is 0.571. The molecule has 0 unspecified atom stereocenters. The fourth-order valence-electron chi connectivity index (χ4n) is 2.55. The maximum Gasteiger partial charge on any atom is 0.210 e. The van der Waals surface area contributed by atoms with Gasteiger partial charge in [0.1, 0.15) is 11.9 Å². The molecule has 2 heterocycles. The predicted octanol–water partition coefficient (Wildman–Crippen LogP) is 1.71. The van der Waals surface area contributed by atoms with Gasteiger partial charge >= 0.3 is 0 Å². The first kappa shape index (κ1) is 17.0. The minimum atomic E-state index is -3.13. The summed E-state index contributed by atoms with van der Waals surface area (Å²) in [5.41, 5.74) is 0.443. The summed E-state index contributed by atoms with van der Waals surface area (Å²) in [6.45, 7) is 2.10. The van der Waals surface area contributed by atoms with E-state index < -0.39 is 10.0 Å². The second kappa shape index (κ2) is 6.82. The van der Waals surface area contributed by atoms with Crippen LogP contribution in [0.1, 0.15) is 18.4 Å². The Bertz CT molecular complexity index is 679. The van der Waals surface area contributed by atoms with Crippen molar-refractivity contribution < 1.29 is 8.42 Å². The molecule has 1 aliphatic rings. The summed E-state index contributed by atoms with van der Waals surface area (Å²) >= 11 is 6.18. The number of pyridine rings is 1. The summed E-state index contributed by atoms with van der Waals surface area (Å²) in [6.07, 6.45) is 4.52. The molecule has 1 saturated heterocycles. The van der Waals surface area contributed by atoms with Crippen LogP contribution in [0.5, 0.6) is 0 Å². The Kier molecular flexibility index (Phi) is 5.27. The molecular weight excluding hydrogens is 324 g/mol. The van der Waals surface area contributed by atoms with Crippen LogP contribution >= 0.6 is 11.6 Å². The Morgan fingerprint density at radius 3 is 2.64 bits per heavy atom. The summed E-state index contributed by atoms with van der Waals surface area (Å²) < 4.78 is 24.3. The standard InChI is InChI=1S/C14H19ClN4O2S/c1-18(22(2,20)21)10-11-3-5-19(6-4-11)14-13(15)7-12(8-16)9-17-14/h7,9,11H,3-6,10H2,1-2H3. The second-order valence-electron chi connectivity index (χ2n) is 5.62. The Labute approximate surface area is 136 Å². The van der Waals surface area contributed by atoms with Gasteiger partial charge in [0.2, 0.25) is 10.0 Å². The van der Waals surface area contributed by atoms with Crippen molar-refractivity contribution >= 4 is 27.4 Å². The molecule has 0 amide bonds. The SMILES string of the molecule is CN(CC1CCN(c2ncc(C#N)cc2Cl)CC1)S(C)(=O)=O. The lowest BCUT2D eigenvalue weighted by atomic mass is 9.97. The molecule has 0 spiro atoms. The van der Waals surface area contributed by atoms with Gasteiger partial charge in [0.15, 0.2) is 0 Å². The lowest BCUT2D eigenvalue weighted by Gasteiger charge is -2.34. The molecule has 0 radical (unpaired) electrons. The monoisotopic (exact) mass is 342 g/mol. The smallest absolute Gasteiger partial charge is 0.210 e. The van der Waals surface area contributed by atoms with Crippen LogP contribution in [0.15, 0.2) is 12.3 Å². The zero-order valence-electron chi connectivity index (χ0n) is 12.7. The van der Waals surface area contributed by atoms with E-state index in [9.17, 15) is 8.42 Å². The molecule has 0 atom stereocenters. The van der Waals surface area contributed by atoms with Crippen LogP contribution in [0, 0.1) is 17.2 Å². The highest BCUT2D eigenvalue weighted by Gasteiger charge is 2.24. The van der Waals surface area contributed by atoms with Crippen LogP contribution in [0.4, 0.5) is 5.82 Å². The van der Waals surface area contributed by atoms with Crippen molar-refractivity contribution in [2.24, 2.45) is 5.92 Å². The number of aromatic nitrogens is 1. The van der Waals surface area contributed by atoms with Gasteiger partial charge in [0, 0.05) is 32.9 Å². The van der Waals surface area contributed by atoms with E-state index in [0.29, 0.717) is 28.9 Å². The van der Waals surface area contributed by atoms with Gasteiger partial charge in [-0.3, -0.25) is 0 Å². The zero-order valence-corrected chi connectivity index (χ0v) is 14.2. The van der Waals surface area contributed by atoms with E-state index >= 15 is 0 Å². The van der Waals surface area contributed by atoms with Gasteiger partial charge in [-0.2, -0.15) is 5.26 Å². The number of rotatable bonds is 4. The number of hydrogen-bond donors (Lipinski definition) is 0. The van der Waals surface area contributed by atoms with Crippen LogP contribution in [-0.4, -0.2) is 50.6 Å². The molecule has 0 bridgehead atoms. The fourth-order valence-corrected chi connectivity index (χ4v) is 3.32. The van der Waals surface area contributed by atoms with E-state index in [-0.39, 0.29) is 0 Å². The van der Waals surface area contributed by atoms with E-state index in [0.717, 1.165) is 25.9 Å². The van der Waals surface area contributed by atoms with Crippen LogP contribution < -0.4 is 4.90 Å². The molecule has 22 heavy (non-hydrogen) atoms. The van der Waals surface area contributed by atoms with Gasteiger partial charge in [-0.1, -0.05) is 11.6 Å². The largest absolute Gasteiger partial charge is 0.355 e. The van der Waals surface area contributed by atoms with Crippen molar-refractivity contribution in [1.82, 2.24) is 9.29 Å². The van der Waals surface area contributed by atoms with Crippen molar-refractivity contribution in [3.05, 3.63) is 22.8 Å². The first-order valence-corrected chi connectivity index (χ1v) is 9.26. The van der Waals surface area contributed by atoms with Crippen molar-refractivity contribution in [2.75, 3.05) is 37.8 Å². The minimum Gasteiger partial charge on any atom is -0.355 e. The first-order chi connectivity index (χ1) is 10.3. The third-order valence-corrected chi connectivity index (χ3v) is 5.51. The van der Waals surface area contributed by atoms with Gasteiger partial charge in [-0.25, -0.2) is 17.7 Å². The molecule has 1 aromatic rings. The topological polar surface area (TPSA) is 77.3 Å². The molecule has 0 aromatic carbocycles. The van der Waals surface area contributed by atoms with Crippen molar-refractivity contribution in [3.63, 3.8) is 0 Å². The summed E-state index contributed by atoms with van der Waals surface area (Å²) in [7, 11) is -1.51. The first-order valence-electron chi connectivity index (χ1n) is 7.03. The zero-order chi connectivity index (χ0) is 16.3. The number of hydrogen-bond acceptors (Lipinski definition) is 5. The van der Waals surface area contributed by atoms with E-state index in [2.05, 4.69) is 9.88 Å². The summed E-state index contributed by atoms with van der Waals surface area (Å²) in [5, 5.41) is 9.31. The van der Waals surface area contributed by atoms with Crippen molar-refractivity contribution in [3.8, 4) is 6.07 Å². The molecule has 1 fully saturated rings. The third kappa shape index (κ3) is 4.09. The maximum absolute atomic E-state index is 11.5. The predicted molar refractivity (Wildman–Crippen MR) is 86.4 cm³/mol. The van der Waals surface area contributed by atoms with Gasteiger partial charge < -0.3 is 4.90 Å². The molecule has 1 aliphatic heterocycles. The molecule has 1 aromatic heterocycles. The number of anilines is 1. The Morgan fingerprint density at radius 2 is 2.14 bits per heavy atom. The van der Waals surface area contributed by atoms with Gasteiger partial charge in [0.25, 0.3) is 0 Å². The lowest BCUT2D eigenvalue weighted by Crippen LogP contribution is -2.39. The highest BCUT2D eigenvalue weighted by Crippen LogP contribution is 2.28. The highest BCUT2D eigenvalue weighted by atomic mass is 35.5. The molecule has 0 saturated carbocycles. The van der Waals surface area contributed by atoms with E-state index in [1.807, 2.05) is 6.07 Å². The average molecular weight is 343 g/mol. The van der Waals surface area contributed by atoms with Crippen LogP contribution in [0.3, 0.4) is 0 Å². The van der Waals surface area contributed by atoms with E-state index in [1.54, 1.807) is 13.1 Å². The van der Waals surface area contributed by atoms with Gasteiger partial charge in [-0.15, -0.1) is 0 Å². The number of nitriles is 1. The normalized spacial score (nSPS) is 16.8. The van der Waals surface area contributed by atoms with Crippen LogP contribution in [-0.2, 0) is 10.0 Å². The maximum atomic E-state index is 11.5. The Hall–Kier alpha value is -1.36. The van der Waals surface area contributed by atoms with Gasteiger partial charge in [-0.05, 0) is 24.8 Å². The molecule has 0 aliphatic carbocycles. The molecular formula is C14H19ClN4O2S. The summed E-state index contributed by atoms with van der Waals surface area (Å²) in [4.78, 5) is 6.35. The molecule has 2 rings (SSSR count). The summed E-state index contributed by atoms with van der Waals surface area (Å²) in [5.74, 6) is 1.03. The second-order valence-corrected chi connectivity index (χ2v) is 8.11. The van der Waals surface area contributed by atoms with Crippen LogP contribution in [0.2, 0.25) is 5.02 Å². The molecule has 8 heteroatoms. The summed E-state index contributed by atoms with van der Waals surface area (Å²) in [6, 6.07) is 3.63. The lowest BCUT2D eigenvalue weighted by molar-refractivity contribution is 0.328. The Morgan fingerprint density at radius 1 is 1.50 bits per heavy atom. The number of halogens is 1. The molecule has 120 valence electrons. The Balaban J connectivity index is 1.97. The number of piperidine rings is 1. The third-order valence-electron chi connectivity index (χ3n) is 3.95.